The highest BCUT2D eigenvalue weighted by atomic mass is 35.5. The highest BCUT2D eigenvalue weighted by molar-refractivity contribution is 6.31. The largest absolute Gasteiger partial charge is 0.370 e. The summed E-state index contributed by atoms with van der Waals surface area (Å²) >= 11 is 6.31. The number of pyridine rings is 1. The number of hydrogen-bond donors (Lipinski definition) is 1. The predicted molar refractivity (Wildman–Crippen MR) is 150 cm³/mol. The maximum atomic E-state index is 14.6. The Hall–Kier alpha value is -3.16. The zero-order chi connectivity index (χ0) is 25.5. The number of halogens is 2. The van der Waals surface area contributed by atoms with Crippen LogP contribution in [0.15, 0.2) is 42.6 Å². The molecule has 0 atom stereocenters. The molecule has 2 aliphatic rings. The minimum Gasteiger partial charge on any atom is -0.370 e. The fourth-order valence-electron chi connectivity index (χ4n) is 5.62. The molecule has 8 heteroatoms. The van der Waals surface area contributed by atoms with Gasteiger partial charge in [0, 0.05) is 56.1 Å². The van der Waals surface area contributed by atoms with E-state index in [-0.39, 0.29) is 5.82 Å². The topological polar surface area (TPSA) is 51.3 Å². The second-order valence-electron chi connectivity index (χ2n) is 10.3. The van der Waals surface area contributed by atoms with Gasteiger partial charge in [-0.25, -0.2) is 14.4 Å². The van der Waals surface area contributed by atoms with Crippen molar-refractivity contribution in [1.82, 2.24) is 19.9 Å². The van der Waals surface area contributed by atoms with E-state index in [1.165, 1.54) is 6.42 Å². The van der Waals surface area contributed by atoms with E-state index in [0.29, 0.717) is 5.02 Å². The van der Waals surface area contributed by atoms with E-state index in [0.717, 1.165) is 103 Å². The summed E-state index contributed by atoms with van der Waals surface area (Å²) in [5, 5.41) is 0.667. The molecule has 0 aliphatic carbocycles. The fourth-order valence-corrected chi connectivity index (χ4v) is 5.79. The number of fused-ring (bicyclic) bond motifs is 1. The van der Waals surface area contributed by atoms with E-state index in [4.69, 9.17) is 21.6 Å². The van der Waals surface area contributed by atoms with Gasteiger partial charge in [0.2, 0.25) is 0 Å². The van der Waals surface area contributed by atoms with Gasteiger partial charge in [-0.3, -0.25) is 0 Å². The van der Waals surface area contributed by atoms with Crippen LogP contribution in [0.3, 0.4) is 0 Å². The Kier molecular flexibility index (Phi) is 6.51. The molecule has 0 saturated carbocycles. The molecule has 2 saturated heterocycles. The minimum atomic E-state index is -0.234. The molecule has 0 spiro atoms. The van der Waals surface area contributed by atoms with Crippen molar-refractivity contribution in [2.75, 3.05) is 56.1 Å². The van der Waals surface area contributed by atoms with Gasteiger partial charge in [0.1, 0.15) is 17.5 Å². The Labute approximate surface area is 222 Å². The summed E-state index contributed by atoms with van der Waals surface area (Å²) in [7, 11) is 2.16. The van der Waals surface area contributed by atoms with Crippen molar-refractivity contribution in [3.8, 4) is 22.5 Å². The minimum absolute atomic E-state index is 0.234. The van der Waals surface area contributed by atoms with E-state index < -0.39 is 0 Å². The third kappa shape index (κ3) is 4.78. The van der Waals surface area contributed by atoms with Gasteiger partial charge in [-0.2, -0.15) is 0 Å². The Morgan fingerprint density at radius 3 is 2.46 bits per heavy atom. The highest BCUT2D eigenvalue weighted by Gasteiger charge is 2.29. The molecule has 192 valence electrons. The number of piperidine rings is 1. The second-order valence-corrected chi connectivity index (χ2v) is 10.8. The molecule has 4 aromatic rings. The van der Waals surface area contributed by atoms with Crippen LogP contribution in [0.4, 0.5) is 15.9 Å². The van der Waals surface area contributed by atoms with Crippen LogP contribution in [-0.4, -0.2) is 66.2 Å². The number of nitrogens with zero attached hydrogens (tertiary/aromatic N) is 5. The SMILES string of the molecule is Cc1cc(F)cc(-c2cnc(N3CCN(C)CC3)c(-c3nc4ccc(Cl)cc4[nH]3)c2N2CCCCC2)c1. The van der Waals surface area contributed by atoms with Crippen molar-refractivity contribution in [3.63, 3.8) is 0 Å². The maximum absolute atomic E-state index is 14.6. The Balaban J connectivity index is 1.62. The summed E-state index contributed by atoms with van der Waals surface area (Å²) in [5.41, 5.74) is 6.50. The number of aromatic nitrogens is 3. The lowest BCUT2D eigenvalue weighted by molar-refractivity contribution is 0.312. The van der Waals surface area contributed by atoms with Gasteiger partial charge in [-0.15, -0.1) is 0 Å². The fraction of sp³-hybridized carbons (Fsp3) is 0.379. The third-order valence-corrected chi connectivity index (χ3v) is 7.78. The Morgan fingerprint density at radius 2 is 1.70 bits per heavy atom. The molecule has 4 heterocycles. The first-order chi connectivity index (χ1) is 18.0. The number of benzene rings is 2. The Morgan fingerprint density at radius 1 is 0.919 bits per heavy atom. The highest BCUT2D eigenvalue weighted by Crippen LogP contribution is 2.45. The van der Waals surface area contributed by atoms with Gasteiger partial charge in [-0.1, -0.05) is 17.7 Å². The molecule has 1 N–H and O–H groups in total. The number of aromatic amines is 1. The molecule has 0 radical (unpaired) electrons. The van der Waals surface area contributed by atoms with Crippen LogP contribution in [0.2, 0.25) is 5.02 Å². The number of H-pyrrole nitrogens is 1. The maximum Gasteiger partial charge on any atom is 0.144 e. The van der Waals surface area contributed by atoms with E-state index in [1.54, 1.807) is 12.1 Å². The average Bonchev–Trinajstić information content (AvgIpc) is 3.31. The van der Waals surface area contributed by atoms with Gasteiger partial charge in [0.15, 0.2) is 0 Å². The molecule has 6 rings (SSSR count). The molecule has 2 aliphatic heterocycles. The molecule has 2 aromatic heterocycles. The van der Waals surface area contributed by atoms with Crippen molar-refractivity contribution < 1.29 is 4.39 Å². The summed E-state index contributed by atoms with van der Waals surface area (Å²) in [4.78, 5) is 20.8. The standard InChI is InChI=1S/C29H32ClFN6/c1-19-14-20(16-22(31)15-19)23-18-32-29(37-12-10-35(2)11-13-37)26(27(23)36-8-4-3-5-9-36)28-33-24-7-6-21(30)17-25(24)34-28/h6-7,14-18H,3-5,8-13H2,1-2H3,(H,33,34). The molecule has 6 nitrogen and oxygen atoms in total. The lowest BCUT2D eigenvalue weighted by atomic mass is 9.97. The van der Waals surface area contributed by atoms with E-state index in [1.807, 2.05) is 37.4 Å². The van der Waals surface area contributed by atoms with Crippen LogP contribution < -0.4 is 9.80 Å². The van der Waals surface area contributed by atoms with Crippen LogP contribution in [-0.2, 0) is 0 Å². The average molecular weight is 519 g/mol. The summed E-state index contributed by atoms with van der Waals surface area (Å²) < 4.78 is 14.6. The molecular formula is C29H32ClFN6. The lowest BCUT2D eigenvalue weighted by Gasteiger charge is -2.37. The van der Waals surface area contributed by atoms with Gasteiger partial charge in [0.05, 0.1) is 22.3 Å². The van der Waals surface area contributed by atoms with E-state index >= 15 is 0 Å². The third-order valence-electron chi connectivity index (χ3n) is 7.54. The summed E-state index contributed by atoms with van der Waals surface area (Å²) in [6.45, 7) is 7.56. The van der Waals surface area contributed by atoms with Crippen LogP contribution >= 0.6 is 11.6 Å². The molecule has 0 amide bonds. The first kappa shape index (κ1) is 24.2. The van der Waals surface area contributed by atoms with Crippen molar-refractivity contribution in [1.29, 1.82) is 0 Å². The zero-order valence-corrected chi connectivity index (χ0v) is 22.2. The molecule has 2 fully saturated rings. The normalized spacial score (nSPS) is 17.1. The van der Waals surface area contributed by atoms with Gasteiger partial charge in [-0.05, 0) is 74.7 Å². The second kappa shape index (κ2) is 9.95. The van der Waals surface area contributed by atoms with Gasteiger partial charge >= 0.3 is 0 Å². The number of rotatable bonds is 4. The molecular weight excluding hydrogens is 487 g/mol. The quantitative estimate of drug-likeness (QED) is 0.352. The number of aryl methyl sites for hydroxylation is 1. The summed E-state index contributed by atoms with van der Waals surface area (Å²) in [5.74, 6) is 1.47. The zero-order valence-electron chi connectivity index (χ0n) is 21.4. The van der Waals surface area contributed by atoms with Crippen molar-refractivity contribution >= 4 is 34.1 Å². The van der Waals surface area contributed by atoms with Crippen LogP contribution in [0.5, 0.6) is 0 Å². The van der Waals surface area contributed by atoms with E-state index in [9.17, 15) is 4.39 Å². The number of hydrogen-bond acceptors (Lipinski definition) is 5. The number of imidazole rings is 1. The van der Waals surface area contributed by atoms with Crippen LogP contribution in [0.25, 0.3) is 33.5 Å². The molecule has 2 aromatic carbocycles. The van der Waals surface area contributed by atoms with Crippen molar-refractivity contribution in [3.05, 3.63) is 59.0 Å². The monoisotopic (exact) mass is 518 g/mol. The molecule has 37 heavy (non-hydrogen) atoms. The molecule has 0 bridgehead atoms. The first-order valence-corrected chi connectivity index (χ1v) is 13.5. The van der Waals surface area contributed by atoms with Gasteiger partial charge < -0.3 is 19.7 Å². The lowest BCUT2D eigenvalue weighted by Crippen LogP contribution is -2.45. The number of nitrogens with one attached hydrogen (secondary N) is 1. The van der Waals surface area contributed by atoms with Crippen LogP contribution in [0, 0.1) is 12.7 Å². The first-order valence-electron chi connectivity index (χ1n) is 13.1. The van der Waals surface area contributed by atoms with Crippen molar-refractivity contribution in [2.24, 2.45) is 0 Å². The summed E-state index contributed by atoms with van der Waals surface area (Å²) in [6, 6.07) is 11.0. The smallest absolute Gasteiger partial charge is 0.144 e. The van der Waals surface area contributed by atoms with Crippen LogP contribution in [0.1, 0.15) is 24.8 Å². The van der Waals surface area contributed by atoms with Gasteiger partial charge in [0.25, 0.3) is 0 Å². The number of anilines is 2. The predicted octanol–water partition coefficient (Wildman–Crippen LogP) is 6.13. The number of likely N-dealkylation sites (N-methyl/N-ethyl adjacent to an activating group) is 1. The summed E-state index contributed by atoms with van der Waals surface area (Å²) in [6.07, 6.45) is 5.42. The molecule has 0 unspecified atom stereocenters. The Bertz CT molecular complexity index is 1420. The van der Waals surface area contributed by atoms with E-state index in [2.05, 4.69) is 26.7 Å². The van der Waals surface area contributed by atoms with Crippen molar-refractivity contribution in [2.45, 2.75) is 26.2 Å². The number of piperazine rings is 1.